The number of ether oxygens (including phenoxy) is 1. The van der Waals surface area contributed by atoms with Crippen molar-refractivity contribution in [3.05, 3.63) is 23.8 Å². The highest BCUT2D eigenvalue weighted by molar-refractivity contribution is 8.00. The van der Waals surface area contributed by atoms with Crippen LogP contribution in [0.15, 0.2) is 23.1 Å². The van der Waals surface area contributed by atoms with Crippen LogP contribution < -0.4 is 4.74 Å². The molecule has 1 atom stereocenters. The molecule has 2 rings (SSSR count). The number of methoxy groups -OCH3 is 1. The molecule has 1 saturated carbocycles. The number of nitrogens with zero attached hydrogens (tertiary/aromatic N) is 1. The molecule has 0 aliphatic heterocycles. The maximum Gasteiger partial charge on any atom is 0.446 e. The zero-order valence-corrected chi connectivity index (χ0v) is 13.4. The van der Waals surface area contributed by atoms with Crippen LogP contribution in [0.4, 0.5) is 13.2 Å². The smallest absolute Gasteiger partial charge is 0.446 e. The van der Waals surface area contributed by atoms with E-state index in [1.165, 1.54) is 13.2 Å². The molecule has 1 aromatic rings. The normalized spacial score (nSPS) is 16.9. The molecule has 3 nitrogen and oxygen atoms in total. The van der Waals surface area contributed by atoms with Crippen molar-refractivity contribution in [2.24, 2.45) is 5.92 Å². The van der Waals surface area contributed by atoms with Gasteiger partial charge in [0.15, 0.2) is 0 Å². The predicted molar refractivity (Wildman–Crippen MR) is 80.0 cm³/mol. The number of thioether (sulfide) groups is 1. The number of hydrogen-bond donors (Lipinski definition) is 1. The number of halogens is 3. The van der Waals surface area contributed by atoms with Crippen molar-refractivity contribution >= 4 is 11.8 Å². The summed E-state index contributed by atoms with van der Waals surface area (Å²) in [6, 6.07) is 4.80. The molecular formula is C15H20F3NO2S. The summed E-state index contributed by atoms with van der Waals surface area (Å²) in [6.07, 6.45) is 1.76. The van der Waals surface area contributed by atoms with Gasteiger partial charge in [0.2, 0.25) is 0 Å². The van der Waals surface area contributed by atoms with Gasteiger partial charge in [-0.3, -0.25) is 4.90 Å². The average Bonchev–Trinajstić information content (AvgIpc) is 3.21. The van der Waals surface area contributed by atoms with Gasteiger partial charge in [-0.15, -0.1) is 0 Å². The summed E-state index contributed by atoms with van der Waals surface area (Å²) >= 11 is -0.171. The van der Waals surface area contributed by atoms with Crippen LogP contribution in [-0.4, -0.2) is 42.3 Å². The Balaban J connectivity index is 2.02. The average molecular weight is 335 g/mol. The van der Waals surface area contributed by atoms with E-state index in [1.54, 1.807) is 12.1 Å². The topological polar surface area (TPSA) is 32.7 Å². The van der Waals surface area contributed by atoms with Crippen molar-refractivity contribution in [3.8, 4) is 5.75 Å². The summed E-state index contributed by atoms with van der Waals surface area (Å²) in [6.45, 7) is 1.01. The van der Waals surface area contributed by atoms with Gasteiger partial charge in [0, 0.05) is 13.1 Å². The lowest BCUT2D eigenvalue weighted by Gasteiger charge is -2.21. The second-order valence-corrected chi connectivity index (χ2v) is 6.74. The van der Waals surface area contributed by atoms with E-state index >= 15 is 0 Å². The lowest BCUT2D eigenvalue weighted by atomic mass is 10.2. The maximum absolute atomic E-state index is 12.6. The third kappa shape index (κ3) is 5.37. The summed E-state index contributed by atoms with van der Waals surface area (Å²) in [7, 11) is 3.21. The van der Waals surface area contributed by atoms with Crippen molar-refractivity contribution in [1.29, 1.82) is 0 Å². The fourth-order valence-corrected chi connectivity index (χ4v) is 3.06. The van der Waals surface area contributed by atoms with Gasteiger partial charge in [0.1, 0.15) is 5.75 Å². The number of hydrogen-bond acceptors (Lipinski definition) is 4. The van der Waals surface area contributed by atoms with Crippen LogP contribution in [-0.2, 0) is 6.54 Å². The Morgan fingerprint density at radius 1 is 1.41 bits per heavy atom. The minimum atomic E-state index is -4.35. The number of rotatable bonds is 7. The molecule has 1 aliphatic carbocycles. The van der Waals surface area contributed by atoms with E-state index in [2.05, 4.69) is 0 Å². The summed E-state index contributed by atoms with van der Waals surface area (Å²) in [5.74, 6) is 0.599. The Labute approximate surface area is 132 Å². The zero-order valence-electron chi connectivity index (χ0n) is 12.6. The first-order valence-corrected chi connectivity index (χ1v) is 7.89. The van der Waals surface area contributed by atoms with Crippen molar-refractivity contribution in [1.82, 2.24) is 4.90 Å². The van der Waals surface area contributed by atoms with Gasteiger partial charge in [-0.25, -0.2) is 0 Å². The Morgan fingerprint density at radius 2 is 2.09 bits per heavy atom. The molecule has 1 N–H and O–H groups in total. The highest BCUT2D eigenvalue weighted by Gasteiger charge is 2.31. The van der Waals surface area contributed by atoms with Crippen molar-refractivity contribution in [3.63, 3.8) is 0 Å². The number of aliphatic hydroxyl groups excluding tert-OH is 1. The van der Waals surface area contributed by atoms with Crippen LogP contribution in [0, 0.1) is 5.92 Å². The molecule has 0 bridgehead atoms. The highest BCUT2D eigenvalue weighted by atomic mass is 32.2. The predicted octanol–water partition coefficient (Wildman–Crippen LogP) is 3.51. The third-order valence-corrected chi connectivity index (χ3v) is 4.34. The standard InChI is InChI=1S/C15H20F3NO2S/c1-19(9-12(20)11-4-5-11)8-10-3-6-13(21-2)14(7-10)22-15(16,17)18/h3,6-7,11-12,20H,4-5,8-9H2,1-2H3. The molecule has 0 aromatic heterocycles. The Kier molecular flexibility index (Phi) is 5.63. The Hall–Kier alpha value is -0.920. The van der Waals surface area contributed by atoms with Crippen LogP contribution in [0.1, 0.15) is 18.4 Å². The molecular weight excluding hydrogens is 315 g/mol. The van der Waals surface area contributed by atoms with Crippen molar-refractivity contribution < 1.29 is 23.0 Å². The number of likely N-dealkylation sites (N-methyl/N-ethyl adjacent to an activating group) is 1. The second-order valence-electron chi connectivity index (χ2n) is 5.63. The molecule has 1 fully saturated rings. The largest absolute Gasteiger partial charge is 0.496 e. The van der Waals surface area contributed by atoms with Gasteiger partial charge in [-0.2, -0.15) is 13.2 Å². The molecule has 1 unspecified atom stereocenters. The summed E-state index contributed by atoms with van der Waals surface area (Å²) in [5, 5.41) is 9.91. The zero-order chi connectivity index (χ0) is 16.3. The SMILES string of the molecule is COc1ccc(CN(C)CC(O)C2CC2)cc1SC(F)(F)F. The van der Waals surface area contributed by atoms with Gasteiger partial charge in [-0.1, -0.05) is 6.07 Å². The Bertz CT molecular complexity index is 506. The third-order valence-electron chi connectivity index (χ3n) is 3.57. The van der Waals surface area contributed by atoms with Gasteiger partial charge < -0.3 is 9.84 Å². The van der Waals surface area contributed by atoms with E-state index < -0.39 is 5.51 Å². The minimum absolute atomic E-state index is 0.0589. The van der Waals surface area contributed by atoms with E-state index in [-0.39, 0.29) is 28.5 Å². The maximum atomic E-state index is 12.6. The van der Waals surface area contributed by atoms with Gasteiger partial charge in [-0.05, 0) is 55.3 Å². The molecule has 0 saturated heterocycles. The van der Waals surface area contributed by atoms with Gasteiger partial charge in [0.25, 0.3) is 0 Å². The van der Waals surface area contributed by atoms with Gasteiger partial charge in [0.05, 0.1) is 18.1 Å². The van der Waals surface area contributed by atoms with Crippen LogP contribution in [0.5, 0.6) is 5.75 Å². The monoisotopic (exact) mass is 335 g/mol. The first-order valence-electron chi connectivity index (χ1n) is 7.08. The van der Waals surface area contributed by atoms with E-state index in [0.29, 0.717) is 19.0 Å². The minimum Gasteiger partial charge on any atom is -0.496 e. The summed E-state index contributed by atoms with van der Waals surface area (Å²) in [4.78, 5) is 1.98. The lowest BCUT2D eigenvalue weighted by Crippen LogP contribution is -2.30. The second kappa shape index (κ2) is 7.10. The lowest BCUT2D eigenvalue weighted by molar-refractivity contribution is -0.0328. The van der Waals surface area contributed by atoms with Crippen LogP contribution >= 0.6 is 11.8 Å². The molecule has 1 aromatic carbocycles. The summed E-state index contributed by atoms with van der Waals surface area (Å²) < 4.78 is 42.7. The van der Waals surface area contributed by atoms with E-state index in [4.69, 9.17) is 4.74 Å². The van der Waals surface area contributed by atoms with E-state index in [0.717, 1.165) is 18.4 Å². The molecule has 0 spiro atoms. The molecule has 124 valence electrons. The molecule has 0 radical (unpaired) electrons. The molecule has 0 amide bonds. The quantitative estimate of drug-likeness (QED) is 0.773. The van der Waals surface area contributed by atoms with Crippen LogP contribution in [0.2, 0.25) is 0 Å². The fourth-order valence-electron chi connectivity index (χ4n) is 2.35. The molecule has 0 heterocycles. The fraction of sp³-hybridized carbons (Fsp3) is 0.600. The molecule has 1 aliphatic rings. The highest BCUT2D eigenvalue weighted by Crippen LogP contribution is 2.41. The number of benzene rings is 1. The first-order chi connectivity index (χ1) is 10.3. The Morgan fingerprint density at radius 3 is 2.64 bits per heavy atom. The number of aliphatic hydroxyl groups is 1. The van der Waals surface area contributed by atoms with Gasteiger partial charge >= 0.3 is 5.51 Å². The van der Waals surface area contributed by atoms with Crippen molar-refractivity contribution in [2.75, 3.05) is 20.7 Å². The molecule has 22 heavy (non-hydrogen) atoms. The van der Waals surface area contributed by atoms with Crippen molar-refractivity contribution in [2.45, 2.75) is 35.9 Å². The number of alkyl halides is 3. The van der Waals surface area contributed by atoms with Crippen LogP contribution in [0.3, 0.4) is 0 Å². The summed E-state index contributed by atoms with van der Waals surface area (Å²) in [5.41, 5.74) is -3.59. The van der Waals surface area contributed by atoms with E-state index in [9.17, 15) is 18.3 Å². The first kappa shape index (κ1) is 17.4. The van der Waals surface area contributed by atoms with Crippen LogP contribution in [0.25, 0.3) is 0 Å². The van der Waals surface area contributed by atoms with E-state index in [1.807, 2.05) is 11.9 Å². The molecule has 7 heteroatoms.